The molecule has 28 heavy (non-hydrogen) atoms. The molecule has 2 amide bonds. The molecule has 7 heteroatoms. The van der Waals surface area contributed by atoms with Crippen LogP contribution in [0.3, 0.4) is 0 Å². The lowest BCUT2D eigenvalue weighted by Crippen LogP contribution is -2.52. The van der Waals surface area contributed by atoms with Gasteiger partial charge in [0.15, 0.2) is 0 Å². The number of aromatic nitrogens is 1. The van der Waals surface area contributed by atoms with E-state index in [0.717, 1.165) is 44.5 Å². The molecule has 1 aromatic rings. The van der Waals surface area contributed by atoms with E-state index >= 15 is 0 Å². The number of piperidine rings is 2. The third-order valence-electron chi connectivity index (χ3n) is 5.82. The molecule has 3 rings (SSSR count). The number of carbonyl (C=O) groups is 3. The van der Waals surface area contributed by atoms with Gasteiger partial charge in [-0.1, -0.05) is 13.0 Å². The quantitative estimate of drug-likeness (QED) is 0.747. The monoisotopic (exact) mass is 386 g/mol. The minimum absolute atomic E-state index is 0.00112. The van der Waals surface area contributed by atoms with Crippen LogP contribution in [0, 0.1) is 5.92 Å². The normalized spacial score (nSPS) is 21.3. The van der Waals surface area contributed by atoms with Gasteiger partial charge in [-0.15, -0.1) is 0 Å². The Labute approximate surface area is 166 Å². The molecule has 1 N–H and O–H groups in total. The van der Waals surface area contributed by atoms with Crippen LogP contribution >= 0.6 is 0 Å². The third kappa shape index (κ3) is 5.16. The van der Waals surface area contributed by atoms with Crippen molar-refractivity contribution in [2.45, 2.75) is 51.6 Å². The summed E-state index contributed by atoms with van der Waals surface area (Å²) in [4.78, 5) is 44.6. The van der Waals surface area contributed by atoms with Crippen molar-refractivity contribution in [2.24, 2.45) is 5.92 Å². The highest BCUT2D eigenvalue weighted by atomic mass is 16.2. The molecule has 2 fully saturated rings. The average molecular weight is 386 g/mol. The van der Waals surface area contributed by atoms with Crippen molar-refractivity contribution in [3.8, 4) is 0 Å². The third-order valence-corrected chi connectivity index (χ3v) is 5.82. The fourth-order valence-corrected chi connectivity index (χ4v) is 4.14. The summed E-state index contributed by atoms with van der Waals surface area (Å²) < 4.78 is 0. The second kappa shape index (κ2) is 9.78. The van der Waals surface area contributed by atoms with Crippen molar-refractivity contribution in [1.82, 2.24) is 20.1 Å². The molecular weight excluding hydrogens is 356 g/mol. The number of ketones is 1. The second-order valence-electron chi connectivity index (χ2n) is 7.67. The van der Waals surface area contributed by atoms with E-state index in [4.69, 9.17) is 0 Å². The van der Waals surface area contributed by atoms with E-state index in [0.29, 0.717) is 25.7 Å². The number of nitrogens with zero attached hydrogens (tertiary/aromatic N) is 3. The zero-order chi connectivity index (χ0) is 19.9. The Bertz CT molecular complexity index is 686. The number of carbonyl (C=O) groups excluding carboxylic acids is 3. The molecular formula is C21H30N4O3. The maximum atomic E-state index is 12.6. The Morgan fingerprint density at radius 3 is 2.61 bits per heavy atom. The lowest BCUT2D eigenvalue weighted by atomic mass is 9.93. The fraction of sp³-hybridized carbons (Fsp3) is 0.619. The molecule has 7 nitrogen and oxygen atoms in total. The summed E-state index contributed by atoms with van der Waals surface area (Å²) in [5.41, 5.74) is 0.863. The molecule has 0 radical (unpaired) electrons. The minimum Gasteiger partial charge on any atom is -0.350 e. The van der Waals surface area contributed by atoms with Gasteiger partial charge >= 0.3 is 0 Å². The first-order chi connectivity index (χ1) is 13.6. The number of hydrogen-bond acceptors (Lipinski definition) is 5. The number of amides is 2. The Morgan fingerprint density at radius 2 is 1.93 bits per heavy atom. The van der Waals surface area contributed by atoms with Crippen molar-refractivity contribution in [1.29, 1.82) is 0 Å². The highest BCUT2D eigenvalue weighted by Gasteiger charge is 2.33. The summed E-state index contributed by atoms with van der Waals surface area (Å²) in [7, 11) is 0. The number of Topliss-reactive ketones (excluding diaryl/α,β-unsaturated/α-hetero) is 1. The van der Waals surface area contributed by atoms with Crippen molar-refractivity contribution in [2.75, 3.05) is 26.2 Å². The van der Waals surface area contributed by atoms with E-state index in [1.807, 2.05) is 18.2 Å². The van der Waals surface area contributed by atoms with Gasteiger partial charge in [0.05, 0.1) is 18.2 Å². The summed E-state index contributed by atoms with van der Waals surface area (Å²) in [6, 6.07) is 6.07. The van der Waals surface area contributed by atoms with Crippen molar-refractivity contribution in [3.63, 3.8) is 0 Å². The van der Waals surface area contributed by atoms with Crippen molar-refractivity contribution in [3.05, 3.63) is 30.1 Å². The second-order valence-corrected chi connectivity index (χ2v) is 7.67. The Balaban J connectivity index is 1.46. The minimum atomic E-state index is -0.341. The van der Waals surface area contributed by atoms with E-state index < -0.39 is 0 Å². The van der Waals surface area contributed by atoms with E-state index in [1.165, 1.54) is 0 Å². The molecule has 1 atom stereocenters. The predicted octanol–water partition coefficient (Wildman–Crippen LogP) is 1.38. The summed E-state index contributed by atoms with van der Waals surface area (Å²) in [5, 5.41) is 3.01. The smallest absolute Gasteiger partial charge is 0.289 e. The Hall–Kier alpha value is -2.28. The first kappa shape index (κ1) is 20.5. The lowest BCUT2D eigenvalue weighted by Gasteiger charge is -2.41. The fourth-order valence-electron chi connectivity index (χ4n) is 4.14. The molecule has 0 unspecified atom stereocenters. The van der Waals surface area contributed by atoms with Crippen LogP contribution < -0.4 is 5.32 Å². The summed E-state index contributed by atoms with van der Waals surface area (Å²) in [5.74, 6) is -0.553. The van der Waals surface area contributed by atoms with Crippen molar-refractivity contribution >= 4 is 17.6 Å². The molecule has 0 bridgehead atoms. The standard InChI is InChI=1S/C21H30N4O3/c1-2-19(26)21(28)24-12-8-18(9-13-24)25-11-5-6-16(15-25)20(27)23-14-17-7-3-4-10-22-17/h3-4,7,10,16,18H,2,5-6,8-9,11-15H2,1H3,(H,23,27)/t16-/m1/s1. The molecule has 2 aliphatic rings. The molecule has 152 valence electrons. The van der Waals surface area contributed by atoms with Crippen LogP contribution in [0.25, 0.3) is 0 Å². The van der Waals surface area contributed by atoms with E-state index in [2.05, 4.69) is 15.2 Å². The number of nitrogens with one attached hydrogen (secondary N) is 1. The van der Waals surface area contributed by atoms with Crippen LogP contribution in [0.1, 0.15) is 44.7 Å². The molecule has 0 aromatic carbocycles. The van der Waals surface area contributed by atoms with Gasteiger partial charge in [0.1, 0.15) is 0 Å². The van der Waals surface area contributed by atoms with Gasteiger partial charge in [-0.25, -0.2) is 0 Å². The zero-order valence-electron chi connectivity index (χ0n) is 16.6. The van der Waals surface area contributed by atoms with Gasteiger partial charge in [-0.3, -0.25) is 24.3 Å². The average Bonchev–Trinajstić information content (AvgIpc) is 2.77. The van der Waals surface area contributed by atoms with Gasteiger partial charge in [-0.2, -0.15) is 0 Å². The SMILES string of the molecule is CCC(=O)C(=O)N1CCC(N2CCC[C@@H](C(=O)NCc3ccccn3)C2)CC1. The molecule has 3 heterocycles. The van der Waals surface area contributed by atoms with Crippen LogP contribution in [-0.4, -0.2) is 64.6 Å². The van der Waals surface area contributed by atoms with Crippen molar-refractivity contribution < 1.29 is 14.4 Å². The van der Waals surface area contributed by atoms with E-state index in [9.17, 15) is 14.4 Å². The van der Waals surface area contributed by atoms with Crippen LogP contribution in [0.5, 0.6) is 0 Å². The Morgan fingerprint density at radius 1 is 1.14 bits per heavy atom. The number of likely N-dealkylation sites (tertiary alicyclic amines) is 2. The predicted molar refractivity (Wildman–Crippen MR) is 105 cm³/mol. The molecule has 2 aliphatic heterocycles. The lowest BCUT2D eigenvalue weighted by molar-refractivity contribution is -0.145. The first-order valence-corrected chi connectivity index (χ1v) is 10.3. The largest absolute Gasteiger partial charge is 0.350 e. The topological polar surface area (TPSA) is 82.6 Å². The summed E-state index contributed by atoms with van der Waals surface area (Å²) >= 11 is 0. The van der Waals surface area contributed by atoms with Gasteiger partial charge in [0.2, 0.25) is 11.7 Å². The van der Waals surface area contributed by atoms with E-state index in [-0.39, 0.29) is 29.9 Å². The Kier molecular flexibility index (Phi) is 7.14. The van der Waals surface area contributed by atoms with Gasteiger partial charge in [0, 0.05) is 38.3 Å². The maximum Gasteiger partial charge on any atom is 0.289 e. The molecule has 2 saturated heterocycles. The van der Waals surface area contributed by atoms with Gasteiger partial charge in [0.25, 0.3) is 5.91 Å². The summed E-state index contributed by atoms with van der Waals surface area (Å²) in [6.45, 7) is 5.20. The maximum absolute atomic E-state index is 12.6. The molecule has 1 aromatic heterocycles. The number of pyridine rings is 1. The molecule has 0 aliphatic carbocycles. The number of hydrogen-bond donors (Lipinski definition) is 1. The van der Waals surface area contributed by atoms with E-state index in [1.54, 1.807) is 18.0 Å². The molecule has 0 saturated carbocycles. The first-order valence-electron chi connectivity index (χ1n) is 10.3. The van der Waals surface area contributed by atoms with Gasteiger partial charge < -0.3 is 10.2 Å². The van der Waals surface area contributed by atoms with Gasteiger partial charge in [-0.05, 0) is 44.4 Å². The molecule has 0 spiro atoms. The van der Waals surface area contributed by atoms with Crippen LogP contribution in [0.2, 0.25) is 0 Å². The van der Waals surface area contributed by atoms with Crippen LogP contribution in [0.4, 0.5) is 0 Å². The van der Waals surface area contributed by atoms with Crippen LogP contribution in [-0.2, 0) is 20.9 Å². The van der Waals surface area contributed by atoms with Crippen LogP contribution in [0.15, 0.2) is 24.4 Å². The number of rotatable bonds is 6. The highest BCUT2D eigenvalue weighted by molar-refractivity contribution is 6.35. The zero-order valence-corrected chi connectivity index (χ0v) is 16.6. The highest BCUT2D eigenvalue weighted by Crippen LogP contribution is 2.24. The summed E-state index contributed by atoms with van der Waals surface area (Å²) in [6.07, 6.45) is 5.65.